The highest BCUT2D eigenvalue weighted by Gasteiger charge is 2.42. The lowest BCUT2D eigenvalue weighted by molar-refractivity contribution is -0.119. The molecule has 3 rings (SSSR count). The lowest BCUT2D eigenvalue weighted by Crippen LogP contribution is -2.36. The first-order valence-electron chi connectivity index (χ1n) is 8.93. The van der Waals surface area contributed by atoms with Crippen LogP contribution in [0.3, 0.4) is 0 Å². The zero-order chi connectivity index (χ0) is 19.8. The van der Waals surface area contributed by atoms with Gasteiger partial charge in [-0.05, 0) is 31.0 Å². The van der Waals surface area contributed by atoms with Gasteiger partial charge in [0.2, 0.25) is 26.0 Å². The predicted molar refractivity (Wildman–Crippen MR) is 101 cm³/mol. The van der Waals surface area contributed by atoms with Crippen LogP contribution in [0.1, 0.15) is 39.0 Å². The molecule has 1 unspecified atom stereocenters. The van der Waals surface area contributed by atoms with E-state index in [1.807, 2.05) is 0 Å². The van der Waals surface area contributed by atoms with Crippen LogP contribution < -0.4 is 13.8 Å². The van der Waals surface area contributed by atoms with Gasteiger partial charge in [0.15, 0.2) is 0 Å². The number of methoxy groups -OCH3 is 1. The molecular weight excluding hydrogens is 392 g/mol. The van der Waals surface area contributed by atoms with Crippen molar-refractivity contribution in [3.8, 4) is 5.75 Å². The monoisotopic (exact) mass is 416 g/mol. The van der Waals surface area contributed by atoms with Crippen LogP contribution in [-0.2, 0) is 24.8 Å². The SMILES string of the molecule is COc1ccc(N2C(=O)C(C)CS2(=O)=O)cc1S(=O)(=O)NC1CCCCC1. The molecule has 1 N–H and O–H groups in total. The summed E-state index contributed by atoms with van der Waals surface area (Å²) < 4.78 is 59.0. The molecule has 1 saturated heterocycles. The number of rotatable bonds is 5. The van der Waals surface area contributed by atoms with E-state index >= 15 is 0 Å². The molecule has 0 spiro atoms. The van der Waals surface area contributed by atoms with E-state index in [0.29, 0.717) is 4.31 Å². The topological polar surface area (TPSA) is 110 Å². The molecule has 150 valence electrons. The molecule has 1 saturated carbocycles. The number of hydrogen-bond acceptors (Lipinski definition) is 6. The minimum atomic E-state index is -3.93. The first kappa shape index (κ1) is 20.1. The van der Waals surface area contributed by atoms with Gasteiger partial charge in [-0.2, -0.15) is 0 Å². The maximum Gasteiger partial charge on any atom is 0.244 e. The van der Waals surface area contributed by atoms with Crippen molar-refractivity contribution in [2.24, 2.45) is 5.92 Å². The summed E-state index contributed by atoms with van der Waals surface area (Å²) in [6, 6.07) is 3.79. The van der Waals surface area contributed by atoms with Crippen molar-refractivity contribution in [1.29, 1.82) is 0 Å². The Bertz CT molecular complexity index is 936. The highest BCUT2D eigenvalue weighted by Crippen LogP contribution is 2.34. The normalized spacial score (nSPS) is 23.6. The third-order valence-electron chi connectivity index (χ3n) is 4.96. The second-order valence-electron chi connectivity index (χ2n) is 7.07. The van der Waals surface area contributed by atoms with Crippen molar-refractivity contribution in [2.75, 3.05) is 17.2 Å². The molecule has 2 fully saturated rings. The van der Waals surface area contributed by atoms with Crippen molar-refractivity contribution >= 4 is 31.6 Å². The van der Waals surface area contributed by atoms with Crippen molar-refractivity contribution < 1.29 is 26.4 Å². The maximum atomic E-state index is 12.9. The van der Waals surface area contributed by atoms with E-state index < -0.39 is 31.9 Å². The molecular formula is C17H24N2O6S2. The van der Waals surface area contributed by atoms with E-state index in [-0.39, 0.29) is 28.1 Å². The van der Waals surface area contributed by atoms with E-state index in [4.69, 9.17) is 4.74 Å². The van der Waals surface area contributed by atoms with Gasteiger partial charge in [0, 0.05) is 6.04 Å². The molecule has 1 aromatic carbocycles. The molecule has 8 nitrogen and oxygen atoms in total. The fourth-order valence-electron chi connectivity index (χ4n) is 3.59. The van der Waals surface area contributed by atoms with E-state index in [2.05, 4.69) is 4.72 Å². The van der Waals surface area contributed by atoms with Gasteiger partial charge in [0.1, 0.15) is 10.6 Å². The van der Waals surface area contributed by atoms with Gasteiger partial charge in [-0.1, -0.05) is 26.2 Å². The van der Waals surface area contributed by atoms with Gasteiger partial charge >= 0.3 is 0 Å². The summed E-state index contributed by atoms with van der Waals surface area (Å²) in [4.78, 5) is 12.1. The molecule has 1 atom stereocenters. The number of benzene rings is 1. The number of amides is 1. The second-order valence-corrected chi connectivity index (χ2v) is 10.6. The summed E-state index contributed by atoms with van der Waals surface area (Å²) in [7, 11) is -6.41. The van der Waals surface area contributed by atoms with Gasteiger partial charge in [-0.15, -0.1) is 0 Å². The number of nitrogens with zero attached hydrogens (tertiary/aromatic N) is 1. The molecule has 0 bridgehead atoms. The summed E-state index contributed by atoms with van der Waals surface area (Å²) in [5.74, 6) is -1.43. The number of ether oxygens (including phenoxy) is 1. The third kappa shape index (κ3) is 3.97. The first-order valence-corrected chi connectivity index (χ1v) is 12.0. The summed E-state index contributed by atoms with van der Waals surface area (Å²) in [6.45, 7) is 1.53. The van der Waals surface area contributed by atoms with Gasteiger partial charge in [-0.25, -0.2) is 25.9 Å². The Morgan fingerprint density at radius 3 is 2.41 bits per heavy atom. The minimum absolute atomic E-state index is 0.00849. The number of carbonyl (C=O) groups is 1. The molecule has 27 heavy (non-hydrogen) atoms. The number of hydrogen-bond donors (Lipinski definition) is 1. The standard InChI is InChI=1S/C17H24N2O6S2/c1-12-11-26(21,22)19(17(12)20)14-8-9-15(25-2)16(10-14)27(23,24)18-13-6-4-3-5-7-13/h8-10,12-13,18H,3-7,11H2,1-2H3. The van der Waals surface area contributed by atoms with Crippen LogP contribution in [0.4, 0.5) is 5.69 Å². The molecule has 1 aliphatic heterocycles. The van der Waals surface area contributed by atoms with Crippen LogP contribution in [0.15, 0.2) is 23.1 Å². The molecule has 1 aromatic rings. The van der Waals surface area contributed by atoms with Crippen LogP contribution in [-0.4, -0.2) is 41.6 Å². The van der Waals surface area contributed by atoms with Crippen LogP contribution >= 0.6 is 0 Å². The van der Waals surface area contributed by atoms with Crippen LogP contribution in [0.25, 0.3) is 0 Å². The van der Waals surface area contributed by atoms with Gasteiger partial charge < -0.3 is 4.74 Å². The zero-order valence-corrected chi connectivity index (χ0v) is 17.0. The molecule has 1 heterocycles. The number of sulfonamides is 2. The third-order valence-corrected chi connectivity index (χ3v) is 8.37. The van der Waals surface area contributed by atoms with Crippen LogP contribution in [0, 0.1) is 5.92 Å². The van der Waals surface area contributed by atoms with Crippen molar-refractivity contribution in [3.63, 3.8) is 0 Å². The maximum absolute atomic E-state index is 12.9. The van der Waals surface area contributed by atoms with Crippen LogP contribution in [0.5, 0.6) is 5.75 Å². The van der Waals surface area contributed by atoms with Crippen molar-refractivity contribution in [1.82, 2.24) is 4.72 Å². The smallest absolute Gasteiger partial charge is 0.244 e. The molecule has 0 aromatic heterocycles. The lowest BCUT2D eigenvalue weighted by Gasteiger charge is -2.23. The molecule has 1 amide bonds. The quantitative estimate of drug-likeness (QED) is 0.781. The van der Waals surface area contributed by atoms with Gasteiger partial charge in [0.05, 0.1) is 24.5 Å². The first-order chi connectivity index (χ1) is 12.7. The van der Waals surface area contributed by atoms with E-state index in [1.54, 1.807) is 0 Å². The Morgan fingerprint density at radius 2 is 1.85 bits per heavy atom. The largest absolute Gasteiger partial charge is 0.495 e. The van der Waals surface area contributed by atoms with Gasteiger partial charge in [-0.3, -0.25) is 4.79 Å². The van der Waals surface area contributed by atoms with Crippen molar-refractivity contribution in [3.05, 3.63) is 18.2 Å². The summed E-state index contributed by atoms with van der Waals surface area (Å²) >= 11 is 0. The molecule has 1 aliphatic carbocycles. The minimum Gasteiger partial charge on any atom is -0.495 e. The Labute approximate surface area is 160 Å². The average Bonchev–Trinajstić information content (AvgIpc) is 2.82. The predicted octanol–water partition coefficient (Wildman–Crippen LogP) is 1.62. The van der Waals surface area contributed by atoms with Gasteiger partial charge in [0.25, 0.3) is 0 Å². The fraction of sp³-hybridized carbons (Fsp3) is 0.588. The van der Waals surface area contributed by atoms with E-state index in [1.165, 1.54) is 32.2 Å². The Hall–Kier alpha value is -1.65. The lowest BCUT2D eigenvalue weighted by atomic mass is 9.96. The van der Waals surface area contributed by atoms with Crippen LogP contribution in [0.2, 0.25) is 0 Å². The Morgan fingerprint density at radius 1 is 1.19 bits per heavy atom. The Kier molecular flexibility index (Phi) is 5.51. The average molecular weight is 417 g/mol. The summed E-state index contributed by atoms with van der Waals surface area (Å²) in [5, 5.41) is 0. The van der Waals surface area contributed by atoms with E-state index in [9.17, 15) is 21.6 Å². The summed E-state index contributed by atoms with van der Waals surface area (Å²) in [6.07, 6.45) is 4.53. The fourth-order valence-corrected chi connectivity index (χ4v) is 6.90. The highest BCUT2D eigenvalue weighted by atomic mass is 32.2. The molecule has 0 radical (unpaired) electrons. The molecule has 10 heteroatoms. The zero-order valence-electron chi connectivity index (χ0n) is 15.3. The number of anilines is 1. The number of nitrogens with one attached hydrogen (secondary N) is 1. The Balaban J connectivity index is 2.00. The second kappa shape index (κ2) is 7.40. The van der Waals surface area contributed by atoms with Crippen molar-refractivity contribution in [2.45, 2.75) is 50.0 Å². The highest BCUT2D eigenvalue weighted by molar-refractivity contribution is 7.94. The summed E-state index contributed by atoms with van der Waals surface area (Å²) in [5.41, 5.74) is 0.00849. The molecule has 2 aliphatic rings. The van der Waals surface area contributed by atoms with E-state index in [0.717, 1.165) is 32.1 Å². The number of carbonyl (C=O) groups excluding carboxylic acids is 1.